The summed E-state index contributed by atoms with van der Waals surface area (Å²) in [4.78, 5) is 24.5. The van der Waals surface area contributed by atoms with Crippen molar-refractivity contribution in [1.29, 1.82) is 0 Å². The number of aromatic nitrogens is 1. The second-order valence-corrected chi connectivity index (χ2v) is 8.68. The highest BCUT2D eigenvalue weighted by atomic mass is 32.2. The van der Waals surface area contributed by atoms with Crippen molar-refractivity contribution in [2.24, 2.45) is 0 Å². The number of hydrogen-bond donors (Lipinski definition) is 1. The molecule has 28 heavy (non-hydrogen) atoms. The number of benzene rings is 1. The number of esters is 1. The van der Waals surface area contributed by atoms with E-state index in [0.29, 0.717) is 17.8 Å². The average Bonchev–Trinajstić information content (AvgIpc) is 3.15. The Labute approximate surface area is 162 Å². The lowest BCUT2D eigenvalue weighted by Crippen LogP contribution is -2.34. The Morgan fingerprint density at radius 1 is 1.36 bits per heavy atom. The van der Waals surface area contributed by atoms with Crippen LogP contribution in [0.5, 0.6) is 0 Å². The third-order valence-electron chi connectivity index (χ3n) is 4.35. The Morgan fingerprint density at radius 2 is 2.07 bits per heavy atom. The first-order valence-electron chi connectivity index (χ1n) is 8.63. The van der Waals surface area contributed by atoms with E-state index in [2.05, 4.69) is 10.5 Å². The van der Waals surface area contributed by atoms with Crippen molar-refractivity contribution < 1.29 is 27.3 Å². The number of rotatable bonds is 5. The van der Waals surface area contributed by atoms with E-state index in [-0.39, 0.29) is 17.5 Å². The van der Waals surface area contributed by atoms with Crippen molar-refractivity contribution in [1.82, 2.24) is 5.16 Å². The molecule has 2 heterocycles. The molecule has 2 unspecified atom stereocenters. The molecule has 2 aromatic rings. The molecule has 1 aliphatic rings. The first-order chi connectivity index (χ1) is 13.1. The number of fused-ring (bicyclic) bond motifs is 1. The molecule has 1 aromatic heterocycles. The summed E-state index contributed by atoms with van der Waals surface area (Å²) in [7, 11) is -3.41. The molecular weight excluding hydrogens is 386 g/mol. The zero-order valence-corrected chi connectivity index (χ0v) is 16.7. The van der Waals surface area contributed by atoms with E-state index in [9.17, 15) is 18.0 Å². The fourth-order valence-electron chi connectivity index (χ4n) is 3.16. The molecule has 1 aliphatic heterocycles. The Kier molecular flexibility index (Phi) is 5.16. The second-order valence-electron chi connectivity index (χ2n) is 6.82. The predicted octanol–water partition coefficient (Wildman–Crippen LogP) is 1.88. The van der Waals surface area contributed by atoms with Crippen LogP contribution < -0.4 is 9.62 Å². The van der Waals surface area contributed by atoms with Gasteiger partial charge >= 0.3 is 5.97 Å². The van der Waals surface area contributed by atoms with Gasteiger partial charge in [0.05, 0.1) is 23.2 Å². The van der Waals surface area contributed by atoms with Crippen LogP contribution in [0.25, 0.3) is 0 Å². The van der Waals surface area contributed by atoms with Crippen LogP contribution >= 0.6 is 0 Å². The highest BCUT2D eigenvalue weighted by Crippen LogP contribution is 2.34. The van der Waals surface area contributed by atoms with Crippen LogP contribution in [0.2, 0.25) is 0 Å². The zero-order valence-electron chi connectivity index (χ0n) is 15.9. The van der Waals surface area contributed by atoms with Crippen molar-refractivity contribution in [2.45, 2.75) is 39.3 Å². The highest BCUT2D eigenvalue weighted by molar-refractivity contribution is 7.92. The molecule has 1 N–H and O–H groups in total. The molecule has 0 aliphatic carbocycles. The first kappa shape index (κ1) is 19.9. The molecule has 9 nitrogen and oxygen atoms in total. The number of carbonyl (C=O) groups excluding carboxylic acids is 2. The quantitative estimate of drug-likeness (QED) is 0.752. The smallest absolute Gasteiger partial charge is 0.338 e. The number of carbonyl (C=O) groups is 2. The number of amides is 1. The summed E-state index contributed by atoms with van der Waals surface area (Å²) in [6.45, 7) is 4.95. The molecule has 150 valence electrons. The summed E-state index contributed by atoms with van der Waals surface area (Å²) < 4.78 is 35.4. The lowest BCUT2D eigenvalue weighted by Gasteiger charge is -2.22. The van der Waals surface area contributed by atoms with Crippen molar-refractivity contribution in [3.05, 3.63) is 41.1 Å². The van der Waals surface area contributed by atoms with Crippen LogP contribution in [-0.4, -0.2) is 43.9 Å². The highest BCUT2D eigenvalue weighted by Gasteiger charge is 2.33. The maximum atomic E-state index is 12.4. The van der Waals surface area contributed by atoms with Gasteiger partial charge in [-0.15, -0.1) is 0 Å². The number of ether oxygens (including phenoxy) is 1. The number of hydrogen-bond acceptors (Lipinski definition) is 7. The fourth-order valence-corrected chi connectivity index (χ4v) is 4.43. The van der Waals surface area contributed by atoms with Crippen LogP contribution in [0.1, 0.15) is 35.5 Å². The van der Waals surface area contributed by atoms with Crippen molar-refractivity contribution in [3.63, 3.8) is 0 Å². The van der Waals surface area contributed by atoms with E-state index in [4.69, 9.17) is 9.26 Å². The minimum Gasteiger partial charge on any atom is -0.449 e. The Hall–Kier alpha value is -2.88. The van der Waals surface area contributed by atoms with E-state index < -0.39 is 28.0 Å². The summed E-state index contributed by atoms with van der Waals surface area (Å²) >= 11 is 0. The molecule has 0 radical (unpaired) electrons. The lowest BCUT2D eigenvalue weighted by atomic mass is 10.1. The van der Waals surface area contributed by atoms with Crippen LogP contribution in [0, 0.1) is 6.92 Å². The Balaban J connectivity index is 1.70. The van der Waals surface area contributed by atoms with Crippen LogP contribution in [0.4, 0.5) is 11.6 Å². The molecule has 3 rings (SSSR count). The van der Waals surface area contributed by atoms with Crippen LogP contribution in [0.15, 0.2) is 28.8 Å². The molecule has 0 fully saturated rings. The standard InChI is InChI=1S/C18H21N3O6S/c1-10-7-16(27-20-10)19-17(22)12(3)26-18(23)13-5-6-15-14(9-13)8-11(2)21(15)28(4,24)25/h5-7,9,11-12H,8H2,1-4H3,(H,19,22). The Morgan fingerprint density at radius 3 is 2.68 bits per heavy atom. The second kappa shape index (κ2) is 7.27. The van der Waals surface area contributed by atoms with Crippen LogP contribution in [0.3, 0.4) is 0 Å². The number of sulfonamides is 1. The summed E-state index contributed by atoms with van der Waals surface area (Å²) in [5, 5.41) is 6.13. The molecular formula is C18H21N3O6S. The zero-order chi connectivity index (χ0) is 20.6. The van der Waals surface area contributed by atoms with E-state index >= 15 is 0 Å². The van der Waals surface area contributed by atoms with E-state index in [1.165, 1.54) is 17.3 Å². The van der Waals surface area contributed by atoms with Gasteiger partial charge in [0, 0.05) is 12.1 Å². The van der Waals surface area contributed by atoms with E-state index in [1.54, 1.807) is 32.0 Å². The number of nitrogens with zero attached hydrogens (tertiary/aromatic N) is 2. The summed E-state index contributed by atoms with van der Waals surface area (Å²) in [6, 6.07) is 5.98. The summed E-state index contributed by atoms with van der Waals surface area (Å²) in [6.07, 6.45) is 0.583. The topological polar surface area (TPSA) is 119 Å². The van der Waals surface area contributed by atoms with Crippen LogP contribution in [-0.2, 0) is 26.0 Å². The van der Waals surface area contributed by atoms with Crippen molar-refractivity contribution in [3.8, 4) is 0 Å². The van der Waals surface area contributed by atoms with Gasteiger partial charge in [0.2, 0.25) is 15.9 Å². The first-order valence-corrected chi connectivity index (χ1v) is 10.5. The summed E-state index contributed by atoms with van der Waals surface area (Å²) in [5.74, 6) is -1.06. The predicted molar refractivity (Wildman–Crippen MR) is 102 cm³/mol. The van der Waals surface area contributed by atoms with Crippen molar-refractivity contribution >= 4 is 33.5 Å². The third-order valence-corrected chi connectivity index (χ3v) is 5.62. The summed E-state index contributed by atoms with van der Waals surface area (Å²) in [5.41, 5.74) is 2.14. The largest absolute Gasteiger partial charge is 0.449 e. The minimum atomic E-state index is -3.41. The van der Waals surface area contributed by atoms with E-state index in [0.717, 1.165) is 11.8 Å². The molecule has 0 bridgehead atoms. The molecule has 0 saturated heterocycles. The van der Waals surface area contributed by atoms with Gasteiger partial charge in [-0.2, -0.15) is 0 Å². The average molecular weight is 407 g/mol. The number of anilines is 2. The fraction of sp³-hybridized carbons (Fsp3) is 0.389. The molecule has 1 amide bonds. The minimum absolute atomic E-state index is 0.165. The van der Waals surface area contributed by atoms with Gasteiger partial charge in [-0.3, -0.25) is 14.4 Å². The number of aryl methyl sites for hydroxylation is 1. The van der Waals surface area contributed by atoms with Crippen molar-refractivity contribution in [2.75, 3.05) is 15.9 Å². The molecule has 0 spiro atoms. The van der Waals surface area contributed by atoms with Gasteiger partial charge in [-0.25, -0.2) is 13.2 Å². The third kappa shape index (κ3) is 4.01. The molecule has 2 atom stereocenters. The number of nitrogens with one attached hydrogen (secondary N) is 1. The molecule has 0 saturated carbocycles. The maximum absolute atomic E-state index is 12.4. The van der Waals surface area contributed by atoms with Gasteiger partial charge in [0.15, 0.2) is 6.10 Å². The maximum Gasteiger partial charge on any atom is 0.338 e. The molecule has 10 heteroatoms. The van der Waals surface area contributed by atoms with Gasteiger partial charge < -0.3 is 9.26 Å². The lowest BCUT2D eigenvalue weighted by molar-refractivity contribution is -0.123. The monoisotopic (exact) mass is 407 g/mol. The normalized spacial score (nSPS) is 17.1. The van der Waals surface area contributed by atoms with Gasteiger partial charge in [-0.1, -0.05) is 5.16 Å². The van der Waals surface area contributed by atoms with Gasteiger partial charge in [0.1, 0.15) is 0 Å². The van der Waals surface area contributed by atoms with E-state index in [1.807, 2.05) is 0 Å². The Bertz CT molecular complexity index is 1030. The van der Waals surface area contributed by atoms with Gasteiger partial charge in [0.25, 0.3) is 5.91 Å². The molecule has 1 aromatic carbocycles. The SMILES string of the molecule is Cc1cc(NC(=O)C(C)OC(=O)c2ccc3c(c2)CC(C)N3S(C)(=O)=O)on1. The van der Waals surface area contributed by atoms with Gasteiger partial charge in [-0.05, 0) is 51.0 Å².